The molecule has 1 atom stereocenters. The Morgan fingerprint density at radius 3 is 2.24 bits per heavy atom. The van der Waals surface area contributed by atoms with E-state index in [4.69, 9.17) is 9.47 Å². The van der Waals surface area contributed by atoms with E-state index in [9.17, 15) is 14.7 Å². The molecular formula is C30H38N2O5. The minimum absolute atomic E-state index is 0.0135. The normalized spacial score (nSPS) is 17.0. The van der Waals surface area contributed by atoms with Crippen LogP contribution >= 0.6 is 0 Å². The number of nitrogens with zero attached hydrogens (tertiary/aromatic N) is 2. The standard InChI is InChI=1S/C30H38N2O5/c1-6-20-36-24-14-10-22(11-15-24)27-26(28(33)23-12-16-25(17-13-23)37-21(4)5)29(34)30(35)32(27)19-9-18-31(7-2)8-3/h6,10-17,21,27,33H,1,7-9,18-20H2,2-5H3/b28-26-. The number of likely N-dealkylation sites (tertiary alicyclic amines) is 1. The van der Waals surface area contributed by atoms with Crippen molar-refractivity contribution in [2.75, 3.05) is 32.8 Å². The first kappa shape index (κ1) is 28.0. The van der Waals surface area contributed by atoms with Gasteiger partial charge < -0.3 is 24.4 Å². The zero-order valence-electron chi connectivity index (χ0n) is 22.3. The Balaban J connectivity index is 1.99. The SMILES string of the molecule is C=CCOc1ccc(C2/C(=C(/O)c3ccc(OC(C)C)cc3)C(=O)C(=O)N2CCCN(CC)CC)cc1. The third-order valence-corrected chi connectivity index (χ3v) is 6.37. The van der Waals surface area contributed by atoms with E-state index in [0.717, 1.165) is 25.2 Å². The van der Waals surface area contributed by atoms with Crippen molar-refractivity contribution in [2.45, 2.75) is 46.3 Å². The second-order valence-electron chi connectivity index (χ2n) is 9.23. The van der Waals surface area contributed by atoms with Crippen molar-refractivity contribution in [1.29, 1.82) is 0 Å². The molecule has 1 unspecified atom stereocenters. The fourth-order valence-electron chi connectivity index (χ4n) is 4.48. The Labute approximate surface area is 220 Å². The molecule has 0 aliphatic carbocycles. The van der Waals surface area contributed by atoms with Crippen molar-refractivity contribution in [3.8, 4) is 11.5 Å². The van der Waals surface area contributed by atoms with Crippen LogP contribution in [0.2, 0.25) is 0 Å². The highest BCUT2D eigenvalue weighted by molar-refractivity contribution is 6.46. The predicted molar refractivity (Wildman–Crippen MR) is 146 cm³/mol. The maximum Gasteiger partial charge on any atom is 0.295 e. The minimum atomic E-state index is -0.697. The maximum absolute atomic E-state index is 13.3. The van der Waals surface area contributed by atoms with Gasteiger partial charge in [0, 0.05) is 12.1 Å². The highest BCUT2D eigenvalue weighted by Crippen LogP contribution is 2.40. The van der Waals surface area contributed by atoms with Gasteiger partial charge in [0.1, 0.15) is 23.9 Å². The van der Waals surface area contributed by atoms with Crippen molar-refractivity contribution in [3.05, 3.63) is 77.9 Å². The summed E-state index contributed by atoms with van der Waals surface area (Å²) in [4.78, 5) is 30.3. The number of rotatable bonds is 13. The molecule has 7 heteroatoms. The van der Waals surface area contributed by atoms with Gasteiger partial charge in [0.25, 0.3) is 11.7 Å². The van der Waals surface area contributed by atoms with Gasteiger partial charge in [-0.2, -0.15) is 0 Å². The topological polar surface area (TPSA) is 79.3 Å². The summed E-state index contributed by atoms with van der Waals surface area (Å²) in [5, 5.41) is 11.3. The third-order valence-electron chi connectivity index (χ3n) is 6.37. The lowest BCUT2D eigenvalue weighted by Crippen LogP contribution is -2.33. The summed E-state index contributed by atoms with van der Waals surface area (Å²) in [6.07, 6.45) is 2.39. The number of carbonyl (C=O) groups excluding carboxylic acids is 2. The molecular weight excluding hydrogens is 468 g/mol. The largest absolute Gasteiger partial charge is 0.507 e. The van der Waals surface area contributed by atoms with Crippen molar-refractivity contribution in [1.82, 2.24) is 9.80 Å². The lowest BCUT2D eigenvalue weighted by Gasteiger charge is -2.27. The first-order chi connectivity index (χ1) is 17.8. The number of carbonyl (C=O) groups is 2. The average Bonchev–Trinajstić information content (AvgIpc) is 3.15. The van der Waals surface area contributed by atoms with E-state index < -0.39 is 17.7 Å². The average molecular weight is 507 g/mol. The van der Waals surface area contributed by atoms with Gasteiger partial charge in [-0.05, 0) is 81.9 Å². The van der Waals surface area contributed by atoms with E-state index in [1.165, 1.54) is 0 Å². The van der Waals surface area contributed by atoms with E-state index in [1.807, 2.05) is 26.0 Å². The molecule has 1 amide bonds. The molecule has 1 saturated heterocycles. The number of hydrogen-bond donors (Lipinski definition) is 1. The molecule has 7 nitrogen and oxygen atoms in total. The summed E-state index contributed by atoms with van der Waals surface area (Å²) in [6.45, 7) is 15.2. The second-order valence-corrected chi connectivity index (χ2v) is 9.23. The van der Waals surface area contributed by atoms with Crippen molar-refractivity contribution in [3.63, 3.8) is 0 Å². The number of amides is 1. The summed E-state index contributed by atoms with van der Waals surface area (Å²) in [6, 6.07) is 13.5. The quantitative estimate of drug-likeness (QED) is 0.174. The van der Waals surface area contributed by atoms with E-state index in [-0.39, 0.29) is 17.4 Å². The van der Waals surface area contributed by atoms with Crippen LogP contribution in [0.4, 0.5) is 0 Å². The number of benzene rings is 2. The molecule has 198 valence electrons. The van der Waals surface area contributed by atoms with Crippen LogP contribution in [0.25, 0.3) is 5.76 Å². The monoisotopic (exact) mass is 506 g/mol. The molecule has 0 aromatic heterocycles. The van der Waals surface area contributed by atoms with Crippen molar-refractivity contribution < 1.29 is 24.2 Å². The summed E-state index contributed by atoms with van der Waals surface area (Å²) in [5.74, 6) is -0.159. The van der Waals surface area contributed by atoms with Crippen LogP contribution in [0.5, 0.6) is 11.5 Å². The van der Waals surface area contributed by atoms with Gasteiger partial charge in [-0.15, -0.1) is 0 Å². The number of ketones is 1. The molecule has 1 N–H and O–H groups in total. The summed E-state index contributed by atoms with van der Waals surface area (Å²) in [7, 11) is 0. The number of Topliss-reactive ketones (excluding diaryl/α,β-unsaturated/α-hetero) is 1. The Morgan fingerprint density at radius 2 is 1.68 bits per heavy atom. The van der Waals surface area contributed by atoms with Gasteiger partial charge in [0.15, 0.2) is 0 Å². The summed E-state index contributed by atoms with van der Waals surface area (Å²) < 4.78 is 11.3. The molecule has 1 heterocycles. The van der Waals surface area contributed by atoms with Gasteiger partial charge in [-0.1, -0.05) is 38.6 Å². The molecule has 0 spiro atoms. The Morgan fingerprint density at radius 1 is 1.05 bits per heavy atom. The first-order valence-electron chi connectivity index (χ1n) is 12.9. The fourth-order valence-corrected chi connectivity index (χ4v) is 4.48. The molecule has 0 saturated carbocycles. The minimum Gasteiger partial charge on any atom is -0.507 e. The van der Waals surface area contributed by atoms with Crippen LogP contribution in [0, 0.1) is 0 Å². The van der Waals surface area contributed by atoms with E-state index >= 15 is 0 Å². The van der Waals surface area contributed by atoms with E-state index in [1.54, 1.807) is 47.4 Å². The van der Waals surface area contributed by atoms with Crippen LogP contribution < -0.4 is 9.47 Å². The molecule has 37 heavy (non-hydrogen) atoms. The molecule has 0 bridgehead atoms. The number of ether oxygens (including phenoxy) is 2. The third kappa shape index (κ3) is 6.80. The summed E-state index contributed by atoms with van der Waals surface area (Å²) >= 11 is 0. The van der Waals surface area contributed by atoms with Gasteiger partial charge >= 0.3 is 0 Å². The highest BCUT2D eigenvalue weighted by Gasteiger charge is 2.45. The van der Waals surface area contributed by atoms with Gasteiger partial charge in [-0.3, -0.25) is 9.59 Å². The molecule has 3 rings (SSSR count). The smallest absolute Gasteiger partial charge is 0.295 e. The molecule has 1 fully saturated rings. The lowest BCUT2D eigenvalue weighted by atomic mass is 9.95. The van der Waals surface area contributed by atoms with Gasteiger partial charge in [0.2, 0.25) is 0 Å². The van der Waals surface area contributed by atoms with Crippen molar-refractivity contribution >= 4 is 17.4 Å². The number of hydrogen-bond acceptors (Lipinski definition) is 6. The van der Waals surface area contributed by atoms with Crippen LogP contribution in [0.3, 0.4) is 0 Å². The molecule has 1 aliphatic rings. The zero-order chi connectivity index (χ0) is 26.9. The van der Waals surface area contributed by atoms with Crippen LogP contribution in [-0.2, 0) is 9.59 Å². The molecule has 0 radical (unpaired) electrons. The summed E-state index contributed by atoms with van der Waals surface area (Å²) in [5.41, 5.74) is 1.27. The molecule has 1 aliphatic heterocycles. The van der Waals surface area contributed by atoms with Crippen molar-refractivity contribution in [2.24, 2.45) is 0 Å². The van der Waals surface area contributed by atoms with Crippen LogP contribution in [-0.4, -0.2) is 65.5 Å². The van der Waals surface area contributed by atoms with E-state index in [2.05, 4.69) is 25.3 Å². The number of aliphatic hydroxyl groups excluding tert-OH is 1. The number of aliphatic hydroxyl groups is 1. The molecule has 2 aromatic carbocycles. The maximum atomic E-state index is 13.3. The highest BCUT2D eigenvalue weighted by atomic mass is 16.5. The second kappa shape index (κ2) is 13.1. The van der Waals surface area contributed by atoms with Crippen LogP contribution in [0.15, 0.2) is 66.8 Å². The van der Waals surface area contributed by atoms with Gasteiger partial charge in [0.05, 0.1) is 17.7 Å². The van der Waals surface area contributed by atoms with E-state index in [0.29, 0.717) is 36.6 Å². The van der Waals surface area contributed by atoms with Crippen LogP contribution in [0.1, 0.15) is 51.3 Å². The Bertz CT molecular complexity index is 1100. The lowest BCUT2D eigenvalue weighted by molar-refractivity contribution is -0.140. The Kier molecular flexibility index (Phi) is 9.92. The Hall–Kier alpha value is -3.58. The first-order valence-corrected chi connectivity index (χ1v) is 12.9. The predicted octanol–water partition coefficient (Wildman–Crippen LogP) is 5.19. The molecule has 2 aromatic rings. The van der Waals surface area contributed by atoms with Gasteiger partial charge in [-0.25, -0.2) is 0 Å². The zero-order valence-corrected chi connectivity index (χ0v) is 22.3. The fraction of sp³-hybridized carbons (Fsp3) is 0.400.